The van der Waals surface area contributed by atoms with Crippen LogP contribution in [0.25, 0.3) is 0 Å². The van der Waals surface area contributed by atoms with Crippen molar-refractivity contribution in [3.8, 4) is 0 Å². The van der Waals surface area contributed by atoms with Gasteiger partial charge in [0.1, 0.15) is 5.01 Å². The quantitative estimate of drug-likeness (QED) is 0.728. The van der Waals surface area contributed by atoms with E-state index in [1.807, 2.05) is 6.20 Å². The second-order valence-corrected chi connectivity index (χ2v) is 5.01. The fourth-order valence-corrected chi connectivity index (χ4v) is 1.92. The fraction of sp³-hybridized carbons (Fsp3) is 0.727. The molecule has 0 aliphatic heterocycles. The Morgan fingerprint density at radius 1 is 1.53 bits per heavy atom. The highest BCUT2D eigenvalue weighted by molar-refractivity contribution is 7.11. The number of ether oxygens (including phenoxy) is 1. The van der Waals surface area contributed by atoms with Crippen molar-refractivity contribution in [2.45, 2.75) is 46.4 Å². The lowest BCUT2D eigenvalue weighted by Crippen LogP contribution is -2.21. The molecule has 15 heavy (non-hydrogen) atoms. The Kier molecular flexibility index (Phi) is 5.83. The molecule has 0 fully saturated rings. The molecular formula is C11H20N2OS. The third-order valence-electron chi connectivity index (χ3n) is 1.86. The molecule has 0 radical (unpaired) electrons. The minimum Gasteiger partial charge on any atom is -0.374 e. The maximum Gasteiger partial charge on any atom is 0.119 e. The summed E-state index contributed by atoms with van der Waals surface area (Å²) in [6.07, 6.45) is 3.00. The molecule has 4 heteroatoms. The number of hydrogen-bond acceptors (Lipinski definition) is 4. The Morgan fingerprint density at radius 2 is 2.33 bits per heavy atom. The van der Waals surface area contributed by atoms with Gasteiger partial charge in [0.2, 0.25) is 0 Å². The third-order valence-corrected chi connectivity index (χ3v) is 2.83. The SMILES string of the molecule is CCCOCc1ncc(CNC(C)C)s1. The van der Waals surface area contributed by atoms with Crippen LogP contribution in [0.2, 0.25) is 0 Å². The third kappa shape index (κ3) is 5.25. The molecule has 1 rings (SSSR count). The van der Waals surface area contributed by atoms with Crippen LogP contribution in [0.4, 0.5) is 0 Å². The van der Waals surface area contributed by atoms with Gasteiger partial charge in [-0.05, 0) is 6.42 Å². The van der Waals surface area contributed by atoms with Crippen molar-refractivity contribution in [1.82, 2.24) is 10.3 Å². The summed E-state index contributed by atoms with van der Waals surface area (Å²) in [4.78, 5) is 5.60. The molecule has 0 unspecified atom stereocenters. The summed E-state index contributed by atoms with van der Waals surface area (Å²) in [6, 6.07) is 0.520. The van der Waals surface area contributed by atoms with E-state index in [9.17, 15) is 0 Å². The minimum absolute atomic E-state index is 0.520. The summed E-state index contributed by atoms with van der Waals surface area (Å²) >= 11 is 1.73. The topological polar surface area (TPSA) is 34.1 Å². The zero-order valence-corrected chi connectivity index (χ0v) is 10.6. The van der Waals surface area contributed by atoms with Crippen molar-refractivity contribution in [2.75, 3.05) is 6.61 Å². The van der Waals surface area contributed by atoms with E-state index in [1.54, 1.807) is 11.3 Å². The molecule has 0 aromatic carbocycles. The normalized spacial score (nSPS) is 11.2. The van der Waals surface area contributed by atoms with E-state index in [-0.39, 0.29) is 0 Å². The zero-order valence-electron chi connectivity index (χ0n) is 9.75. The molecule has 0 amide bonds. The zero-order chi connectivity index (χ0) is 11.1. The van der Waals surface area contributed by atoms with E-state index in [4.69, 9.17) is 4.74 Å². The molecule has 0 aliphatic carbocycles. The Labute approximate surface area is 95.9 Å². The average Bonchev–Trinajstić information content (AvgIpc) is 2.63. The lowest BCUT2D eigenvalue weighted by molar-refractivity contribution is 0.121. The van der Waals surface area contributed by atoms with Crippen molar-refractivity contribution in [3.05, 3.63) is 16.1 Å². The molecule has 86 valence electrons. The summed E-state index contributed by atoms with van der Waals surface area (Å²) in [7, 11) is 0. The predicted octanol–water partition coefficient (Wildman–Crippen LogP) is 2.57. The van der Waals surface area contributed by atoms with Crippen LogP contribution in [-0.2, 0) is 17.9 Å². The highest BCUT2D eigenvalue weighted by Crippen LogP contribution is 2.13. The Morgan fingerprint density at radius 3 is 3.00 bits per heavy atom. The van der Waals surface area contributed by atoms with E-state index in [0.717, 1.165) is 24.6 Å². The van der Waals surface area contributed by atoms with Crippen LogP contribution < -0.4 is 5.32 Å². The van der Waals surface area contributed by atoms with Crippen molar-refractivity contribution >= 4 is 11.3 Å². The molecule has 1 N–H and O–H groups in total. The number of nitrogens with one attached hydrogen (secondary N) is 1. The van der Waals surface area contributed by atoms with E-state index in [1.165, 1.54) is 4.88 Å². The van der Waals surface area contributed by atoms with Crippen molar-refractivity contribution < 1.29 is 4.74 Å². The van der Waals surface area contributed by atoms with Crippen molar-refractivity contribution in [1.29, 1.82) is 0 Å². The first-order valence-electron chi connectivity index (χ1n) is 5.47. The molecule has 0 aliphatic rings. The lowest BCUT2D eigenvalue weighted by Gasteiger charge is -2.04. The number of thiazole rings is 1. The van der Waals surface area contributed by atoms with Gasteiger partial charge in [-0.3, -0.25) is 0 Å². The number of rotatable bonds is 7. The van der Waals surface area contributed by atoms with Gasteiger partial charge in [0.15, 0.2) is 0 Å². The minimum atomic E-state index is 0.520. The molecule has 1 aromatic rings. The van der Waals surface area contributed by atoms with Gasteiger partial charge in [0, 0.05) is 30.3 Å². The second kappa shape index (κ2) is 6.93. The Bertz CT molecular complexity index is 273. The molecule has 0 atom stereocenters. The van der Waals surface area contributed by atoms with Crippen LogP contribution in [-0.4, -0.2) is 17.6 Å². The fourth-order valence-electron chi connectivity index (χ4n) is 1.11. The first-order valence-corrected chi connectivity index (χ1v) is 6.28. The first-order chi connectivity index (χ1) is 7.22. The van der Waals surface area contributed by atoms with Crippen LogP contribution >= 0.6 is 11.3 Å². The van der Waals surface area contributed by atoms with Gasteiger partial charge in [-0.25, -0.2) is 4.98 Å². The summed E-state index contributed by atoms with van der Waals surface area (Å²) in [5, 5.41) is 4.45. The maximum atomic E-state index is 5.44. The van der Waals surface area contributed by atoms with E-state index >= 15 is 0 Å². The van der Waals surface area contributed by atoms with Gasteiger partial charge in [-0.2, -0.15) is 0 Å². The van der Waals surface area contributed by atoms with Gasteiger partial charge in [0.25, 0.3) is 0 Å². The standard InChI is InChI=1S/C11H20N2OS/c1-4-5-14-8-11-13-7-10(15-11)6-12-9(2)3/h7,9,12H,4-6,8H2,1-3H3. The highest BCUT2D eigenvalue weighted by atomic mass is 32.1. The van der Waals surface area contributed by atoms with Crippen LogP contribution in [0, 0.1) is 0 Å². The highest BCUT2D eigenvalue weighted by Gasteiger charge is 2.02. The maximum absolute atomic E-state index is 5.44. The van der Waals surface area contributed by atoms with Gasteiger partial charge in [0.05, 0.1) is 6.61 Å². The van der Waals surface area contributed by atoms with Crippen LogP contribution in [0.5, 0.6) is 0 Å². The molecule has 3 nitrogen and oxygen atoms in total. The molecular weight excluding hydrogens is 208 g/mol. The Balaban J connectivity index is 2.29. The predicted molar refractivity (Wildman–Crippen MR) is 64.0 cm³/mol. The first kappa shape index (κ1) is 12.6. The summed E-state index contributed by atoms with van der Waals surface area (Å²) in [5.74, 6) is 0. The number of nitrogens with zero attached hydrogens (tertiary/aromatic N) is 1. The molecule has 1 heterocycles. The van der Waals surface area contributed by atoms with Crippen LogP contribution in [0.15, 0.2) is 6.20 Å². The van der Waals surface area contributed by atoms with Gasteiger partial charge in [-0.15, -0.1) is 11.3 Å². The van der Waals surface area contributed by atoms with Gasteiger partial charge in [-0.1, -0.05) is 20.8 Å². The second-order valence-electron chi connectivity index (χ2n) is 3.81. The van der Waals surface area contributed by atoms with Gasteiger partial charge >= 0.3 is 0 Å². The molecule has 0 bridgehead atoms. The summed E-state index contributed by atoms with van der Waals surface area (Å²) in [5.41, 5.74) is 0. The molecule has 0 saturated heterocycles. The van der Waals surface area contributed by atoms with Crippen molar-refractivity contribution in [3.63, 3.8) is 0 Å². The van der Waals surface area contributed by atoms with E-state index < -0.39 is 0 Å². The molecule has 0 spiro atoms. The van der Waals surface area contributed by atoms with Crippen LogP contribution in [0.3, 0.4) is 0 Å². The molecule has 1 aromatic heterocycles. The van der Waals surface area contributed by atoms with Gasteiger partial charge < -0.3 is 10.1 Å². The van der Waals surface area contributed by atoms with E-state index in [0.29, 0.717) is 12.6 Å². The van der Waals surface area contributed by atoms with Crippen LogP contribution in [0.1, 0.15) is 37.1 Å². The van der Waals surface area contributed by atoms with E-state index in [2.05, 4.69) is 31.1 Å². The smallest absolute Gasteiger partial charge is 0.119 e. The summed E-state index contributed by atoms with van der Waals surface area (Å²) < 4.78 is 5.44. The number of aromatic nitrogens is 1. The summed E-state index contributed by atoms with van der Waals surface area (Å²) in [6.45, 7) is 8.78. The molecule has 0 saturated carbocycles. The number of hydrogen-bond donors (Lipinski definition) is 1. The monoisotopic (exact) mass is 228 g/mol. The lowest BCUT2D eigenvalue weighted by atomic mass is 10.4. The van der Waals surface area contributed by atoms with Crippen molar-refractivity contribution in [2.24, 2.45) is 0 Å². The Hall–Kier alpha value is -0.450. The largest absolute Gasteiger partial charge is 0.374 e. The average molecular weight is 228 g/mol.